The van der Waals surface area contributed by atoms with E-state index in [0.717, 1.165) is 12.8 Å². The Morgan fingerprint density at radius 1 is 0.459 bits per heavy atom. The van der Waals surface area contributed by atoms with Crippen LogP contribution in [0.2, 0.25) is 0 Å². The molecule has 2 unspecified atom stereocenters. The monoisotopic (exact) mass is 560 g/mol. The molecule has 2 atom stereocenters. The molecule has 1 heteroatoms. The van der Waals surface area contributed by atoms with Gasteiger partial charge in [-0.1, -0.05) is 126 Å². The second-order valence-electron chi connectivity index (χ2n) is 13.0. The third kappa shape index (κ3) is 4.52. The van der Waals surface area contributed by atoms with Crippen molar-refractivity contribution in [2.45, 2.75) is 77.0 Å². The van der Waals surface area contributed by atoms with Crippen LogP contribution < -0.4 is 0 Å². The average Bonchev–Trinajstić information content (AvgIpc) is 3.33. The van der Waals surface area contributed by atoms with Crippen LogP contribution in [0.1, 0.15) is 99.6 Å². The van der Waals surface area contributed by atoms with Crippen molar-refractivity contribution in [3.63, 3.8) is 0 Å². The minimum atomic E-state index is 0. The van der Waals surface area contributed by atoms with Gasteiger partial charge in [-0.25, -0.2) is 0 Å². The van der Waals surface area contributed by atoms with Gasteiger partial charge in [-0.2, -0.15) is 0 Å². The first-order chi connectivity index (χ1) is 17.1. The summed E-state index contributed by atoms with van der Waals surface area (Å²) < 4.78 is 0. The molecule has 0 nitrogen and oxygen atoms in total. The Balaban J connectivity index is 0.00000280. The van der Waals surface area contributed by atoms with Crippen LogP contribution in [0.3, 0.4) is 0 Å². The van der Waals surface area contributed by atoms with E-state index in [-0.39, 0.29) is 37.0 Å². The molecule has 0 heterocycles. The summed E-state index contributed by atoms with van der Waals surface area (Å²) in [5.41, 5.74) is 15.0. The summed E-state index contributed by atoms with van der Waals surface area (Å²) in [5, 5.41) is 0. The normalized spacial score (nSPS) is 17.5. The van der Waals surface area contributed by atoms with Crippen LogP contribution in [0.25, 0.3) is 22.3 Å². The largest absolute Gasteiger partial charge is 0.0619 e. The van der Waals surface area contributed by atoms with Gasteiger partial charge in [0.05, 0.1) is 0 Å². The van der Waals surface area contributed by atoms with Crippen LogP contribution in [0, 0.1) is 0 Å². The van der Waals surface area contributed by atoms with E-state index in [9.17, 15) is 0 Å². The van der Waals surface area contributed by atoms with Gasteiger partial charge < -0.3 is 0 Å². The number of rotatable bonds is 3. The summed E-state index contributed by atoms with van der Waals surface area (Å²) >= 11 is 0. The first-order valence-electron chi connectivity index (χ1n) is 13.6. The molecule has 0 radical (unpaired) electrons. The molecule has 186 valence electrons. The zero-order chi connectivity index (χ0) is 25.2. The van der Waals surface area contributed by atoms with Gasteiger partial charge in [0.25, 0.3) is 0 Å². The van der Waals surface area contributed by atoms with Crippen LogP contribution in [0.5, 0.6) is 0 Å². The van der Waals surface area contributed by atoms with Crippen molar-refractivity contribution in [3.05, 3.63) is 118 Å². The average molecular weight is 562 g/mol. The van der Waals surface area contributed by atoms with Gasteiger partial charge in [0.1, 0.15) is 0 Å². The van der Waals surface area contributed by atoms with Crippen LogP contribution in [-0.4, -0.2) is 0 Å². The maximum atomic E-state index is 2.51. The summed E-state index contributed by atoms with van der Waals surface area (Å²) in [6, 6.07) is 32.7. The van der Waals surface area contributed by atoms with E-state index in [2.05, 4.69) is 126 Å². The zero-order valence-electron chi connectivity index (χ0n) is 23.2. The third-order valence-electron chi connectivity index (χ3n) is 8.58. The minimum absolute atomic E-state index is 0. The Kier molecular flexibility index (Phi) is 6.77. The Hall–Kier alpha value is -2.24. The van der Waals surface area contributed by atoms with E-state index in [1.807, 2.05) is 0 Å². The molecule has 2 aliphatic rings. The number of hydrogen-bond acceptors (Lipinski definition) is 0. The Morgan fingerprint density at radius 2 is 0.811 bits per heavy atom. The van der Waals surface area contributed by atoms with Crippen LogP contribution in [0.4, 0.5) is 0 Å². The summed E-state index contributed by atoms with van der Waals surface area (Å²) in [5.74, 6) is 0.918. The van der Waals surface area contributed by atoms with Gasteiger partial charge in [0.15, 0.2) is 0 Å². The van der Waals surface area contributed by atoms with Crippen LogP contribution >= 0.6 is 0 Å². The van der Waals surface area contributed by atoms with Crippen molar-refractivity contribution < 1.29 is 26.2 Å². The van der Waals surface area contributed by atoms with Gasteiger partial charge in [0.2, 0.25) is 0 Å². The second kappa shape index (κ2) is 9.50. The maximum Gasteiger partial charge on any atom is 0.0102 e. The molecule has 0 bridgehead atoms. The molecule has 0 aromatic heterocycles. The fourth-order valence-corrected chi connectivity index (χ4v) is 6.51. The van der Waals surface area contributed by atoms with Gasteiger partial charge in [-0.15, -0.1) is 0 Å². The SMILES string of the molecule is CC(C)(C)c1ccc2c(c1)C(CCC1c3ccccc3-c3ccc(C(C)(C)C)cc31)c1ccccc1-2.[Zr]. The summed E-state index contributed by atoms with van der Waals surface area (Å²) in [7, 11) is 0. The second-order valence-corrected chi connectivity index (χ2v) is 13.0. The maximum absolute atomic E-state index is 2.51. The van der Waals surface area contributed by atoms with Gasteiger partial charge in [0, 0.05) is 38.0 Å². The number of fused-ring (bicyclic) bond motifs is 6. The number of benzene rings is 4. The predicted molar refractivity (Wildman–Crippen MR) is 154 cm³/mol. The van der Waals surface area contributed by atoms with E-state index >= 15 is 0 Å². The molecule has 6 rings (SSSR count). The Morgan fingerprint density at radius 3 is 1.19 bits per heavy atom. The summed E-state index contributed by atoms with van der Waals surface area (Å²) in [4.78, 5) is 0. The van der Waals surface area contributed by atoms with Crippen molar-refractivity contribution in [2.75, 3.05) is 0 Å². The molecular formula is C36H38Zr. The quantitative estimate of drug-likeness (QED) is 0.233. The van der Waals surface area contributed by atoms with E-state index in [0.29, 0.717) is 11.8 Å². The summed E-state index contributed by atoms with van der Waals surface area (Å²) in [6.45, 7) is 13.9. The standard InChI is InChI=1S/C36H38.Zr/c1-35(2,3)23-15-17-29-25-11-7-9-13-27(25)31(33(29)21-23)19-20-32-28-14-10-8-12-26(28)30-18-16-24(22-34(30)32)36(4,5)6;/h7-18,21-22,31-32H,19-20H2,1-6H3;. The molecule has 2 aliphatic carbocycles. The van der Waals surface area contributed by atoms with Crippen molar-refractivity contribution in [1.82, 2.24) is 0 Å². The van der Waals surface area contributed by atoms with E-state index in [1.165, 1.54) is 55.6 Å². The molecule has 0 fully saturated rings. The molecule has 4 aromatic carbocycles. The summed E-state index contributed by atoms with van der Waals surface area (Å²) in [6.07, 6.45) is 2.32. The molecular weight excluding hydrogens is 524 g/mol. The Bertz CT molecular complexity index is 1350. The molecule has 0 saturated heterocycles. The molecule has 0 N–H and O–H groups in total. The first-order valence-corrected chi connectivity index (χ1v) is 13.6. The molecule has 0 spiro atoms. The fourth-order valence-electron chi connectivity index (χ4n) is 6.51. The fraction of sp³-hybridized carbons (Fsp3) is 0.333. The third-order valence-corrected chi connectivity index (χ3v) is 8.58. The molecule has 0 amide bonds. The van der Waals surface area contributed by atoms with Crippen molar-refractivity contribution in [2.24, 2.45) is 0 Å². The zero-order valence-corrected chi connectivity index (χ0v) is 25.6. The minimum Gasteiger partial charge on any atom is -0.0619 e. The smallest absolute Gasteiger partial charge is 0.0102 e. The van der Waals surface area contributed by atoms with Crippen molar-refractivity contribution in [1.29, 1.82) is 0 Å². The molecule has 4 aromatic rings. The predicted octanol–water partition coefficient (Wildman–Crippen LogP) is 9.98. The van der Waals surface area contributed by atoms with Crippen LogP contribution in [-0.2, 0) is 37.0 Å². The Labute approximate surface area is 242 Å². The van der Waals surface area contributed by atoms with E-state index in [4.69, 9.17) is 0 Å². The molecule has 0 aliphatic heterocycles. The molecule has 0 saturated carbocycles. The van der Waals surface area contributed by atoms with E-state index < -0.39 is 0 Å². The van der Waals surface area contributed by atoms with Crippen LogP contribution in [0.15, 0.2) is 84.9 Å². The van der Waals surface area contributed by atoms with Gasteiger partial charge in [-0.05, 0) is 79.3 Å². The number of hydrogen-bond donors (Lipinski definition) is 0. The van der Waals surface area contributed by atoms with Gasteiger partial charge in [-0.3, -0.25) is 0 Å². The first kappa shape index (κ1) is 26.4. The van der Waals surface area contributed by atoms with Crippen molar-refractivity contribution in [3.8, 4) is 22.3 Å². The topological polar surface area (TPSA) is 0 Å². The van der Waals surface area contributed by atoms with Crippen molar-refractivity contribution >= 4 is 0 Å². The molecule has 37 heavy (non-hydrogen) atoms. The van der Waals surface area contributed by atoms with Gasteiger partial charge >= 0.3 is 0 Å². The van der Waals surface area contributed by atoms with E-state index in [1.54, 1.807) is 0 Å².